The molecule has 5 heteroatoms. The zero-order valence-corrected chi connectivity index (χ0v) is 13.2. The summed E-state index contributed by atoms with van der Waals surface area (Å²) in [5, 5.41) is 14.6. The van der Waals surface area contributed by atoms with Gasteiger partial charge in [0.25, 0.3) is 0 Å². The largest absolute Gasteiger partial charge is 0.336 e. The molecular weight excluding hydrogens is 288 g/mol. The van der Waals surface area contributed by atoms with E-state index in [2.05, 4.69) is 34.3 Å². The van der Waals surface area contributed by atoms with Crippen molar-refractivity contribution in [3.05, 3.63) is 42.5 Å². The van der Waals surface area contributed by atoms with E-state index in [1.807, 2.05) is 0 Å². The molecule has 0 aliphatic carbocycles. The molecule has 0 radical (unpaired) electrons. The van der Waals surface area contributed by atoms with Crippen molar-refractivity contribution in [3.63, 3.8) is 0 Å². The average Bonchev–Trinajstić information content (AvgIpc) is 2.60. The highest BCUT2D eigenvalue weighted by atomic mass is 16.2. The zero-order valence-electron chi connectivity index (χ0n) is 13.2. The van der Waals surface area contributed by atoms with E-state index < -0.39 is 0 Å². The summed E-state index contributed by atoms with van der Waals surface area (Å²) < 4.78 is 0. The number of urea groups is 1. The van der Waals surface area contributed by atoms with Gasteiger partial charge >= 0.3 is 6.03 Å². The maximum absolute atomic E-state index is 12.0. The van der Waals surface area contributed by atoms with Gasteiger partial charge in [0.15, 0.2) is 0 Å². The van der Waals surface area contributed by atoms with Crippen molar-refractivity contribution in [1.29, 1.82) is 5.26 Å². The van der Waals surface area contributed by atoms with E-state index in [4.69, 9.17) is 5.26 Å². The van der Waals surface area contributed by atoms with Crippen molar-refractivity contribution in [2.75, 3.05) is 25.0 Å². The predicted molar refractivity (Wildman–Crippen MR) is 90.0 cm³/mol. The zero-order chi connectivity index (χ0) is 16.2. The van der Waals surface area contributed by atoms with Crippen molar-refractivity contribution in [2.45, 2.75) is 18.9 Å². The lowest BCUT2D eigenvalue weighted by molar-refractivity contribution is 0.0209. The molecule has 0 saturated carbocycles. The van der Waals surface area contributed by atoms with Gasteiger partial charge in [0.2, 0.25) is 0 Å². The molecule has 3 heterocycles. The first-order chi connectivity index (χ1) is 11.2. The molecule has 1 aromatic carbocycles. The minimum Gasteiger partial charge on any atom is -0.336 e. The molecule has 120 valence electrons. The molecule has 23 heavy (non-hydrogen) atoms. The van der Waals surface area contributed by atoms with E-state index >= 15 is 0 Å². The molecule has 4 atom stereocenters. The molecule has 3 saturated heterocycles. The molecule has 4 unspecified atom stereocenters. The van der Waals surface area contributed by atoms with Crippen molar-refractivity contribution >= 4 is 11.7 Å². The molecule has 2 bridgehead atoms. The van der Waals surface area contributed by atoms with Crippen LogP contribution in [0, 0.1) is 23.2 Å². The predicted octanol–water partition coefficient (Wildman–Crippen LogP) is 2.58. The molecule has 5 nitrogen and oxygen atoms in total. The van der Waals surface area contributed by atoms with Gasteiger partial charge in [-0.3, -0.25) is 4.90 Å². The molecule has 0 spiro atoms. The van der Waals surface area contributed by atoms with E-state index in [9.17, 15) is 4.79 Å². The number of hydrogen-bond acceptors (Lipinski definition) is 3. The Bertz CT molecular complexity index is 636. The minimum absolute atomic E-state index is 0.219. The topological polar surface area (TPSA) is 68.2 Å². The second-order valence-corrected chi connectivity index (χ2v) is 6.36. The fraction of sp³-hybridized carbons (Fsp3) is 0.444. The molecular formula is C18H22N4O. The number of amides is 2. The Morgan fingerprint density at radius 2 is 2.39 bits per heavy atom. The van der Waals surface area contributed by atoms with Gasteiger partial charge in [-0.1, -0.05) is 12.1 Å². The number of fused-ring (bicyclic) bond motifs is 3. The van der Waals surface area contributed by atoms with Crippen LogP contribution in [0.5, 0.6) is 0 Å². The molecule has 4 rings (SSSR count). The fourth-order valence-electron chi connectivity index (χ4n) is 3.71. The van der Waals surface area contributed by atoms with E-state index in [1.54, 1.807) is 24.3 Å². The number of nitriles is 1. The first-order valence-electron chi connectivity index (χ1n) is 8.11. The number of rotatable bonds is 4. The quantitative estimate of drug-likeness (QED) is 0.840. The van der Waals surface area contributed by atoms with Crippen LogP contribution >= 0.6 is 0 Å². The fourth-order valence-corrected chi connectivity index (χ4v) is 3.71. The number of hydrogen-bond donors (Lipinski definition) is 2. The van der Waals surface area contributed by atoms with E-state index in [0.717, 1.165) is 19.5 Å². The Hall–Kier alpha value is -2.32. The van der Waals surface area contributed by atoms with Crippen LogP contribution in [-0.2, 0) is 0 Å². The maximum Gasteiger partial charge on any atom is 0.319 e. The van der Waals surface area contributed by atoms with Crippen LogP contribution in [0.25, 0.3) is 0 Å². The van der Waals surface area contributed by atoms with Crippen LogP contribution in [0.2, 0.25) is 0 Å². The Morgan fingerprint density at radius 1 is 1.52 bits per heavy atom. The Labute approximate surface area is 137 Å². The SMILES string of the molecule is C=CC1CN2CCC1CC2CNC(=O)Nc1cccc(C#N)c1. The van der Waals surface area contributed by atoms with Gasteiger partial charge in [0.05, 0.1) is 11.6 Å². The van der Waals surface area contributed by atoms with Gasteiger partial charge in [0.1, 0.15) is 0 Å². The standard InChI is InChI=1S/C18H22N4O/c1-2-14-12-22-7-6-15(14)9-17(22)11-20-18(23)21-16-5-3-4-13(8-16)10-19/h2-5,8,14-15,17H,1,6-7,9,11-12H2,(H2,20,21,23). The summed E-state index contributed by atoms with van der Waals surface area (Å²) in [6.07, 6.45) is 4.44. The second-order valence-electron chi connectivity index (χ2n) is 6.36. The lowest BCUT2D eigenvalue weighted by atomic mass is 9.75. The first kappa shape index (κ1) is 15.6. The number of piperidine rings is 3. The number of carbonyl (C=O) groups is 1. The lowest BCUT2D eigenvalue weighted by Crippen LogP contribution is -2.56. The van der Waals surface area contributed by atoms with Crippen molar-refractivity contribution in [2.24, 2.45) is 11.8 Å². The lowest BCUT2D eigenvalue weighted by Gasteiger charge is -2.49. The Morgan fingerprint density at radius 3 is 3.09 bits per heavy atom. The summed E-state index contributed by atoms with van der Waals surface area (Å²) in [5.41, 5.74) is 1.17. The van der Waals surface area contributed by atoms with Gasteiger partial charge < -0.3 is 10.6 Å². The van der Waals surface area contributed by atoms with Crippen molar-refractivity contribution in [3.8, 4) is 6.07 Å². The summed E-state index contributed by atoms with van der Waals surface area (Å²) in [4.78, 5) is 14.5. The third kappa shape index (κ3) is 3.54. The molecule has 3 fully saturated rings. The van der Waals surface area contributed by atoms with Crippen LogP contribution in [0.3, 0.4) is 0 Å². The normalized spacial score (nSPS) is 28.7. The number of anilines is 1. The monoisotopic (exact) mass is 310 g/mol. The van der Waals surface area contributed by atoms with E-state index in [1.165, 1.54) is 6.42 Å². The molecule has 3 aliphatic heterocycles. The van der Waals surface area contributed by atoms with Crippen molar-refractivity contribution in [1.82, 2.24) is 10.2 Å². The summed E-state index contributed by atoms with van der Waals surface area (Å²) in [6.45, 7) is 6.77. The number of carbonyl (C=O) groups excluding carboxylic acids is 1. The van der Waals surface area contributed by atoms with Crippen LogP contribution in [0.1, 0.15) is 18.4 Å². The minimum atomic E-state index is -0.219. The van der Waals surface area contributed by atoms with Gasteiger partial charge in [-0.2, -0.15) is 5.26 Å². The van der Waals surface area contributed by atoms with Crippen LogP contribution in [-0.4, -0.2) is 36.6 Å². The Balaban J connectivity index is 1.50. The third-order valence-corrected chi connectivity index (χ3v) is 4.98. The molecule has 1 aromatic rings. The molecule has 0 aromatic heterocycles. The van der Waals surface area contributed by atoms with Crippen LogP contribution in [0.15, 0.2) is 36.9 Å². The second kappa shape index (κ2) is 6.84. The molecule has 3 aliphatic rings. The van der Waals surface area contributed by atoms with Gasteiger partial charge in [-0.05, 0) is 49.4 Å². The van der Waals surface area contributed by atoms with Gasteiger partial charge in [-0.15, -0.1) is 6.58 Å². The highest BCUT2D eigenvalue weighted by Crippen LogP contribution is 2.36. The maximum atomic E-state index is 12.0. The van der Waals surface area contributed by atoms with E-state index in [0.29, 0.717) is 35.7 Å². The summed E-state index contributed by atoms with van der Waals surface area (Å²) in [7, 11) is 0. The summed E-state index contributed by atoms with van der Waals surface area (Å²) >= 11 is 0. The highest BCUT2D eigenvalue weighted by Gasteiger charge is 2.38. The van der Waals surface area contributed by atoms with E-state index in [-0.39, 0.29) is 6.03 Å². The first-order valence-corrected chi connectivity index (χ1v) is 8.11. The van der Waals surface area contributed by atoms with Gasteiger partial charge in [-0.25, -0.2) is 4.79 Å². The van der Waals surface area contributed by atoms with Crippen molar-refractivity contribution < 1.29 is 4.79 Å². The Kier molecular flexibility index (Phi) is 4.63. The number of benzene rings is 1. The number of nitrogens with zero attached hydrogens (tertiary/aromatic N) is 2. The summed E-state index contributed by atoms with van der Waals surface area (Å²) in [6, 6.07) is 9.18. The summed E-state index contributed by atoms with van der Waals surface area (Å²) in [5.74, 6) is 1.31. The smallest absolute Gasteiger partial charge is 0.319 e. The highest BCUT2D eigenvalue weighted by molar-refractivity contribution is 5.89. The molecule has 2 amide bonds. The van der Waals surface area contributed by atoms with Crippen LogP contribution < -0.4 is 10.6 Å². The molecule has 2 N–H and O–H groups in total. The third-order valence-electron chi connectivity index (χ3n) is 4.98. The van der Waals surface area contributed by atoms with Crippen LogP contribution in [0.4, 0.5) is 10.5 Å². The average molecular weight is 310 g/mol. The number of nitrogens with one attached hydrogen (secondary N) is 2. The van der Waals surface area contributed by atoms with Gasteiger partial charge in [0, 0.05) is 24.8 Å².